The molecule has 36 heavy (non-hydrogen) atoms. The molecular weight excluding hydrogens is 484 g/mol. The molecule has 0 radical (unpaired) electrons. The van der Waals surface area contributed by atoms with Crippen LogP contribution in [0.4, 0.5) is 5.00 Å². The van der Waals surface area contributed by atoms with Crippen molar-refractivity contribution in [3.05, 3.63) is 51.4 Å². The number of rotatable bonds is 7. The van der Waals surface area contributed by atoms with Crippen LogP contribution in [0.5, 0.6) is 0 Å². The summed E-state index contributed by atoms with van der Waals surface area (Å²) < 4.78 is 10.2. The molecule has 3 amide bonds. The summed E-state index contributed by atoms with van der Waals surface area (Å²) in [5.41, 5.74) is 1.69. The van der Waals surface area contributed by atoms with Crippen molar-refractivity contribution in [2.75, 3.05) is 19.0 Å². The molecule has 0 spiro atoms. The van der Waals surface area contributed by atoms with Gasteiger partial charge in [-0.05, 0) is 48.8 Å². The predicted molar refractivity (Wildman–Crippen MR) is 132 cm³/mol. The molecule has 1 N–H and O–H groups in total. The minimum atomic E-state index is -1.19. The highest BCUT2D eigenvalue weighted by molar-refractivity contribution is 7.17. The third-order valence-electron chi connectivity index (χ3n) is 6.48. The molecule has 1 aliphatic heterocycles. The van der Waals surface area contributed by atoms with Gasteiger partial charge in [0.15, 0.2) is 6.61 Å². The van der Waals surface area contributed by atoms with E-state index >= 15 is 0 Å². The maximum atomic E-state index is 13.0. The fraction of sp³-hybridized carbons (Fsp3) is 0.423. The van der Waals surface area contributed by atoms with Gasteiger partial charge in [0.25, 0.3) is 17.7 Å². The Morgan fingerprint density at radius 3 is 2.36 bits per heavy atom. The van der Waals surface area contributed by atoms with Crippen molar-refractivity contribution < 1.29 is 33.4 Å². The van der Waals surface area contributed by atoms with E-state index in [1.54, 1.807) is 26.0 Å². The van der Waals surface area contributed by atoms with Crippen LogP contribution in [0.15, 0.2) is 24.3 Å². The van der Waals surface area contributed by atoms with Gasteiger partial charge < -0.3 is 14.8 Å². The van der Waals surface area contributed by atoms with E-state index in [-0.39, 0.29) is 11.1 Å². The van der Waals surface area contributed by atoms with Crippen LogP contribution in [0.25, 0.3) is 0 Å². The van der Waals surface area contributed by atoms with Crippen LogP contribution in [-0.4, -0.2) is 54.3 Å². The number of ether oxygens (including phenoxy) is 2. The molecule has 4 rings (SSSR count). The molecule has 0 fully saturated rings. The zero-order valence-corrected chi connectivity index (χ0v) is 21.4. The van der Waals surface area contributed by atoms with Gasteiger partial charge in [-0.3, -0.25) is 19.3 Å². The zero-order valence-electron chi connectivity index (χ0n) is 20.6. The van der Waals surface area contributed by atoms with Crippen molar-refractivity contribution in [3.63, 3.8) is 0 Å². The van der Waals surface area contributed by atoms with Gasteiger partial charge in [0, 0.05) is 4.88 Å². The minimum Gasteiger partial charge on any atom is -0.465 e. The fourth-order valence-electron chi connectivity index (χ4n) is 4.68. The third-order valence-corrected chi connectivity index (χ3v) is 7.65. The van der Waals surface area contributed by atoms with Gasteiger partial charge in [0.05, 0.1) is 23.8 Å². The normalized spacial score (nSPS) is 17.5. The molecule has 1 aromatic carbocycles. The second-order valence-corrected chi connectivity index (χ2v) is 10.5. The molecule has 0 bridgehead atoms. The number of nitrogens with zero attached hydrogens (tertiary/aromatic N) is 1. The second-order valence-electron chi connectivity index (χ2n) is 9.42. The Labute approximate surface area is 212 Å². The molecule has 190 valence electrons. The number of carbonyl (C=O) groups is 5. The first-order valence-electron chi connectivity index (χ1n) is 11.8. The van der Waals surface area contributed by atoms with E-state index in [1.165, 1.54) is 30.6 Å². The summed E-state index contributed by atoms with van der Waals surface area (Å²) in [5, 5.41) is 3.04. The number of thiophene rings is 1. The molecule has 2 aliphatic rings. The second kappa shape index (κ2) is 10.2. The van der Waals surface area contributed by atoms with Crippen molar-refractivity contribution in [1.29, 1.82) is 0 Å². The summed E-state index contributed by atoms with van der Waals surface area (Å²) >= 11 is 1.33. The third kappa shape index (κ3) is 4.65. The van der Waals surface area contributed by atoms with Crippen LogP contribution < -0.4 is 5.32 Å². The number of nitrogens with one attached hydrogen (secondary N) is 1. The van der Waals surface area contributed by atoms with E-state index in [2.05, 4.69) is 12.2 Å². The zero-order chi connectivity index (χ0) is 26.1. The van der Waals surface area contributed by atoms with Crippen molar-refractivity contribution in [2.24, 2.45) is 11.8 Å². The molecule has 1 aliphatic carbocycles. The van der Waals surface area contributed by atoms with Crippen molar-refractivity contribution in [3.8, 4) is 0 Å². The number of anilines is 1. The van der Waals surface area contributed by atoms with Gasteiger partial charge in [-0.15, -0.1) is 11.3 Å². The standard InChI is InChI=1S/C26H28N2O7S/c1-13(2)21(28-23(30)15-7-5-6-8-16(15)24(28)31)26(33)35-12-19(29)27-22-20(25(32)34-4)17-10-9-14(3)11-18(17)36-22/h5-8,13-14,21H,9-12H2,1-4H3,(H,27,29)/t14-,21+/m0/s1. The summed E-state index contributed by atoms with van der Waals surface area (Å²) in [4.78, 5) is 65.8. The van der Waals surface area contributed by atoms with Crippen LogP contribution in [-0.2, 0) is 31.9 Å². The Kier molecular flexibility index (Phi) is 7.26. The molecule has 9 nitrogen and oxygen atoms in total. The van der Waals surface area contributed by atoms with Crippen LogP contribution >= 0.6 is 11.3 Å². The smallest absolute Gasteiger partial charge is 0.341 e. The summed E-state index contributed by atoms with van der Waals surface area (Å²) in [6.45, 7) is 4.88. The van der Waals surface area contributed by atoms with Gasteiger partial charge in [-0.25, -0.2) is 9.59 Å². The summed E-state index contributed by atoms with van der Waals surface area (Å²) in [7, 11) is 1.29. The number of fused-ring (bicyclic) bond motifs is 2. The van der Waals surface area contributed by atoms with Crippen molar-refractivity contribution in [1.82, 2.24) is 4.90 Å². The van der Waals surface area contributed by atoms with E-state index in [9.17, 15) is 24.0 Å². The van der Waals surface area contributed by atoms with Crippen LogP contribution in [0.1, 0.15) is 68.7 Å². The maximum Gasteiger partial charge on any atom is 0.341 e. The molecule has 0 saturated carbocycles. The fourth-order valence-corrected chi connectivity index (χ4v) is 6.09. The van der Waals surface area contributed by atoms with E-state index in [1.807, 2.05) is 0 Å². The van der Waals surface area contributed by atoms with E-state index in [4.69, 9.17) is 9.47 Å². The lowest BCUT2D eigenvalue weighted by Crippen LogP contribution is -2.49. The minimum absolute atomic E-state index is 0.227. The maximum absolute atomic E-state index is 13.0. The molecule has 2 atom stereocenters. The highest BCUT2D eigenvalue weighted by atomic mass is 32.1. The Balaban J connectivity index is 1.46. The summed E-state index contributed by atoms with van der Waals surface area (Å²) in [5.74, 6) is -3.14. The number of carbonyl (C=O) groups excluding carboxylic acids is 5. The number of imide groups is 1. The van der Waals surface area contributed by atoms with Crippen LogP contribution in [0.2, 0.25) is 0 Å². The number of esters is 2. The predicted octanol–water partition coefficient (Wildman–Crippen LogP) is 3.46. The van der Waals surface area contributed by atoms with Crippen molar-refractivity contribution in [2.45, 2.75) is 46.1 Å². The van der Waals surface area contributed by atoms with Crippen LogP contribution in [0, 0.1) is 11.8 Å². The van der Waals surface area contributed by atoms with Crippen molar-refractivity contribution >= 4 is 46.0 Å². The number of hydrogen-bond acceptors (Lipinski definition) is 8. The summed E-state index contributed by atoms with van der Waals surface area (Å²) in [6, 6.07) is 5.17. The van der Waals surface area contributed by atoms with Gasteiger partial charge in [0.2, 0.25) is 0 Å². The Morgan fingerprint density at radius 1 is 1.14 bits per heavy atom. The topological polar surface area (TPSA) is 119 Å². The van der Waals surface area contributed by atoms with Gasteiger partial charge in [0.1, 0.15) is 11.0 Å². The van der Waals surface area contributed by atoms with Crippen LogP contribution in [0.3, 0.4) is 0 Å². The van der Waals surface area contributed by atoms with E-state index in [0.717, 1.165) is 34.6 Å². The average Bonchev–Trinajstić information content (AvgIpc) is 3.32. The Bertz CT molecular complexity index is 1210. The number of benzene rings is 1. The largest absolute Gasteiger partial charge is 0.465 e. The molecule has 2 aromatic rings. The van der Waals surface area contributed by atoms with Gasteiger partial charge in [-0.2, -0.15) is 0 Å². The molecule has 0 saturated heterocycles. The first kappa shape index (κ1) is 25.6. The molecule has 10 heteroatoms. The van der Waals surface area contributed by atoms with E-state index < -0.39 is 48.2 Å². The van der Waals surface area contributed by atoms with Gasteiger partial charge in [-0.1, -0.05) is 32.9 Å². The molecule has 0 unspecified atom stereocenters. The quantitative estimate of drug-likeness (QED) is 0.446. The summed E-state index contributed by atoms with van der Waals surface area (Å²) in [6.07, 6.45) is 2.47. The Hall–Kier alpha value is -3.53. The van der Waals surface area contributed by atoms with Gasteiger partial charge >= 0.3 is 11.9 Å². The lowest BCUT2D eigenvalue weighted by Gasteiger charge is -2.27. The molecular formula is C26H28N2O7S. The number of hydrogen-bond donors (Lipinski definition) is 1. The lowest BCUT2D eigenvalue weighted by molar-refractivity contribution is -0.152. The molecule has 2 heterocycles. The SMILES string of the molecule is COC(=O)c1c(NC(=O)COC(=O)[C@@H](C(C)C)N2C(=O)c3ccccc3C2=O)sc2c1CC[C@H](C)C2. The number of amides is 3. The monoisotopic (exact) mass is 512 g/mol. The first-order valence-corrected chi connectivity index (χ1v) is 12.6. The first-order chi connectivity index (χ1) is 17.1. The highest BCUT2D eigenvalue weighted by Crippen LogP contribution is 2.40. The molecule has 1 aromatic heterocycles. The Morgan fingerprint density at radius 2 is 1.78 bits per heavy atom. The average molecular weight is 513 g/mol. The number of methoxy groups -OCH3 is 1. The highest BCUT2D eigenvalue weighted by Gasteiger charge is 2.44. The lowest BCUT2D eigenvalue weighted by atomic mass is 9.88. The van der Waals surface area contributed by atoms with E-state index in [0.29, 0.717) is 16.5 Å².